The zero-order valence-electron chi connectivity index (χ0n) is 6.66. The Bertz CT molecular complexity index is 232. The van der Waals surface area contributed by atoms with E-state index in [9.17, 15) is 8.78 Å². The second kappa shape index (κ2) is 5.43. The third kappa shape index (κ3) is 3.51. The predicted molar refractivity (Wildman–Crippen MR) is 51.9 cm³/mol. The molecule has 0 aliphatic heterocycles. The van der Waals surface area contributed by atoms with Crippen molar-refractivity contribution in [1.29, 1.82) is 0 Å². The van der Waals surface area contributed by atoms with Crippen molar-refractivity contribution in [2.45, 2.75) is 6.43 Å². The summed E-state index contributed by atoms with van der Waals surface area (Å²) in [5.74, 6) is 0. The lowest BCUT2D eigenvalue weighted by molar-refractivity contribution is 0.155. The van der Waals surface area contributed by atoms with E-state index in [1.54, 1.807) is 0 Å². The molecule has 13 heavy (non-hydrogen) atoms. The molecular weight excluding hydrogens is 264 g/mol. The standard InChI is InChI=1S/C6H8BrF2N3S/c7-1-2-12(3-5(8)9)6-11-10-4-13-6/h4-5H,1-3H2. The van der Waals surface area contributed by atoms with Crippen LogP contribution in [0.15, 0.2) is 5.51 Å². The molecule has 1 aromatic heterocycles. The second-order valence-corrected chi connectivity index (χ2v) is 3.85. The summed E-state index contributed by atoms with van der Waals surface area (Å²) in [4.78, 5) is 1.51. The zero-order chi connectivity index (χ0) is 9.68. The molecule has 0 atom stereocenters. The van der Waals surface area contributed by atoms with Gasteiger partial charge < -0.3 is 4.90 Å². The van der Waals surface area contributed by atoms with Gasteiger partial charge in [-0.3, -0.25) is 0 Å². The average Bonchev–Trinajstić information content (AvgIpc) is 2.54. The summed E-state index contributed by atoms with van der Waals surface area (Å²) >= 11 is 4.46. The lowest BCUT2D eigenvalue weighted by atomic mass is 10.5. The molecule has 1 rings (SSSR count). The Morgan fingerprint density at radius 3 is 2.85 bits per heavy atom. The Labute approximate surface area is 86.9 Å². The Morgan fingerprint density at radius 1 is 1.62 bits per heavy atom. The van der Waals surface area contributed by atoms with E-state index in [1.807, 2.05) is 0 Å². The van der Waals surface area contributed by atoms with Crippen LogP contribution in [0, 0.1) is 0 Å². The van der Waals surface area contributed by atoms with Crippen LogP contribution in [0.5, 0.6) is 0 Å². The quantitative estimate of drug-likeness (QED) is 0.768. The van der Waals surface area contributed by atoms with Gasteiger partial charge in [0.15, 0.2) is 0 Å². The smallest absolute Gasteiger partial charge is 0.255 e. The lowest BCUT2D eigenvalue weighted by Gasteiger charge is -2.18. The number of hydrogen-bond donors (Lipinski definition) is 0. The maximum atomic E-state index is 12.1. The van der Waals surface area contributed by atoms with Crippen LogP contribution in [0.25, 0.3) is 0 Å². The number of nitrogens with zero attached hydrogens (tertiary/aromatic N) is 3. The third-order valence-electron chi connectivity index (χ3n) is 1.33. The first-order valence-corrected chi connectivity index (χ1v) is 5.59. The van der Waals surface area contributed by atoms with Crippen molar-refractivity contribution in [2.75, 3.05) is 23.3 Å². The molecule has 0 bridgehead atoms. The van der Waals surface area contributed by atoms with Gasteiger partial charge in [-0.2, -0.15) is 0 Å². The van der Waals surface area contributed by atoms with Crippen molar-refractivity contribution in [3.05, 3.63) is 5.51 Å². The van der Waals surface area contributed by atoms with Crippen LogP contribution < -0.4 is 4.90 Å². The van der Waals surface area contributed by atoms with E-state index < -0.39 is 6.43 Å². The first-order chi connectivity index (χ1) is 6.24. The molecule has 1 heterocycles. The van der Waals surface area contributed by atoms with Crippen LogP contribution in [-0.2, 0) is 0 Å². The van der Waals surface area contributed by atoms with Crippen LogP contribution >= 0.6 is 27.3 Å². The van der Waals surface area contributed by atoms with E-state index in [0.29, 0.717) is 17.0 Å². The van der Waals surface area contributed by atoms with E-state index in [0.717, 1.165) is 0 Å². The highest BCUT2D eigenvalue weighted by molar-refractivity contribution is 9.09. The fraction of sp³-hybridized carbons (Fsp3) is 0.667. The van der Waals surface area contributed by atoms with E-state index >= 15 is 0 Å². The number of aromatic nitrogens is 2. The van der Waals surface area contributed by atoms with Crippen LogP contribution in [0.3, 0.4) is 0 Å². The van der Waals surface area contributed by atoms with Crippen molar-refractivity contribution < 1.29 is 8.78 Å². The fourth-order valence-electron chi connectivity index (χ4n) is 0.839. The van der Waals surface area contributed by atoms with Crippen LogP contribution in [-0.4, -0.2) is 35.0 Å². The summed E-state index contributed by atoms with van der Waals surface area (Å²) in [6.45, 7) is 0.223. The SMILES string of the molecule is FC(F)CN(CCBr)c1nncs1. The number of rotatable bonds is 5. The van der Waals surface area contributed by atoms with Gasteiger partial charge in [-0.25, -0.2) is 8.78 Å². The summed E-state index contributed by atoms with van der Waals surface area (Å²) in [5, 5.41) is 8.51. The van der Waals surface area contributed by atoms with Gasteiger partial charge in [0, 0.05) is 11.9 Å². The number of halogens is 3. The van der Waals surface area contributed by atoms with Crippen molar-refractivity contribution >= 4 is 32.4 Å². The van der Waals surface area contributed by atoms with E-state index in [1.165, 1.54) is 21.7 Å². The molecule has 0 radical (unpaired) electrons. The summed E-state index contributed by atoms with van der Waals surface area (Å²) < 4.78 is 24.2. The van der Waals surface area contributed by atoms with Crippen molar-refractivity contribution in [1.82, 2.24) is 10.2 Å². The van der Waals surface area contributed by atoms with Crippen molar-refractivity contribution in [3.8, 4) is 0 Å². The normalized spacial score (nSPS) is 10.8. The summed E-state index contributed by atoms with van der Waals surface area (Å²) in [5.41, 5.74) is 1.53. The molecule has 74 valence electrons. The number of hydrogen-bond acceptors (Lipinski definition) is 4. The minimum atomic E-state index is -2.34. The predicted octanol–water partition coefficient (Wildman–Crippen LogP) is 2.00. The highest BCUT2D eigenvalue weighted by Gasteiger charge is 2.14. The molecular formula is C6H8BrF2N3S. The Morgan fingerprint density at radius 2 is 2.38 bits per heavy atom. The molecule has 0 aliphatic rings. The van der Waals surface area contributed by atoms with Gasteiger partial charge in [-0.1, -0.05) is 27.3 Å². The number of alkyl halides is 3. The van der Waals surface area contributed by atoms with Crippen LogP contribution in [0.1, 0.15) is 0 Å². The van der Waals surface area contributed by atoms with Crippen LogP contribution in [0.2, 0.25) is 0 Å². The van der Waals surface area contributed by atoms with Gasteiger partial charge in [0.1, 0.15) is 5.51 Å². The largest absolute Gasteiger partial charge is 0.340 e. The fourth-order valence-corrected chi connectivity index (χ4v) is 1.86. The first kappa shape index (κ1) is 10.8. The van der Waals surface area contributed by atoms with Gasteiger partial charge in [-0.05, 0) is 0 Å². The Balaban J connectivity index is 2.57. The molecule has 0 saturated heterocycles. The number of anilines is 1. The van der Waals surface area contributed by atoms with Crippen molar-refractivity contribution in [2.24, 2.45) is 0 Å². The van der Waals surface area contributed by atoms with Crippen molar-refractivity contribution in [3.63, 3.8) is 0 Å². The van der Waals surface area contributed by atoms with Gasteiger partial charge in [0.25, 0.3) is 6.43 Å². The van der Waals surface area contributed by atoms with Gasteiger partial charge in [0.05, 0.1) is 6.54 Å². The molecule has 0 aliphatic carbocycles. The minimum Gasteiger partial charge on any atom is -0.340 e. The molecule has 0 N–H and O–H groups in total. The highest BCUT2D eigenvalue weighted by atomic mass is 79.9. The molecule has 0 spiro atoms. The monoisotopic (exact) mass is 271 g/mol. The maximum Gasteiger partial charge on any atom is 0.255 e. The second-order valence-electron chi connectivity index (χ2n) is 2.25. The van der Waals surface area contributed by atoms with Gasteiger partial charge in [0.2, 0.25) is 5.13 Å². The Hall–Kier alpha value is -0.300. The summed E-state index contributed by atoms with van der Waals surface area (Å²) in [7, 11) is 0. The molecule has 0 aromatic carbocycles. The van der Waals surface area contributed by atoms with Gasteiger partial charge in [-0.15, -0.1) is 10.2 Å². The minimum absolute atomic E-state index is 0.291. The molecule has 1 aromatic rings. The van der Waals surface area contributed by atoms with E-state index in [-0.39, 0.29) is 6.54 Å². The topological polar surface area (TPSA) is 29.0 Å². The maximum absolute atomic E-state index is 12.1. The van der Waals surface area contributed by atoms with E-state index in [4.69, 9.17) is 0 Å². The summed E-state index contributed by atoms with van der Waals surface area (Å²) in [6, 6.07) is 0. The molecule has 0 saturated carbocycles. The highest BCUT2D eigenvalue weighted by Crippen LogP contribution is 2.16. The molecule has 0 amide bonds. The summed E-state index contributed by atoms with van der Waals surface area (Å²) in [6.07, 6.45) is -2.34. The lowest BCUT2D eigenvalue weighted by Crippen LogP contribution is -2.30. The first-order valence-electron chi connectivity index (χ1n) is 3.59. The van der Waals surface area contributed by atoms with Gasteiger partial charge >= 0.3 is 0 Å². The molecule has 7 heteroatoms. The molecule has 3 nitrogen and oxygen atoms in total. The third-order valence-corrected chi connectivity index (χ3v) is 2.44. The average molecular weight is 272 g/mol. The molecule has 0 unspecified atom stereocenters. The van der Waals surface area contributed by atoms with E-state index in [2.05, 4.69) is 26.1 Å². The van der Waals surface area contributed by atoms with Crippen LogP contribution in [0.4, 0.5) is 13.9 Å². The molecule has 0 fully saturated rings. The Kier molecular flexibility index (Phi) is 4.51. The zero-order valence-corrected chi connectivity index (χ0v) is 9.06.